The lowest BCUT2D eigenvalue weighted by Gasteiger charge is -2.04. The first kappa shape index (κ1) is 13.2. The quantitative estimate of drug-likeness (QED) is 0.677. The van der Waals surface area contributed by atoms with Crippen LogP contribution in [0.25, 0.3) is 0 Å². The lowest BCUT2D eigenvalue weighted by atomic mass is 10.2. The van der Waals surface area contributed by atoms with Crippen molar-refractivity contribution in [2.24, 2.45) is 0 Å². The zero-order valence-electron chi connectivity index (χ0n) is 10.1. The minimum absolute atomic E-state index is 0.0560. The van der Waals surface area contributed by atoms with Crippen LogP contribution in [0.15, 0.2) is 42.6 Å². The first-order chi connectivity index (χ1) is 9.60. The second-order valence-corrected chi connectivity index (χ2v) is 3.80. The van der Waals surface area contributed by atoms with Crippen molar-refractivity contribution in [1.82, 2.24) is 4.98 Å². The molecule has 0 saturated heterocycles. The number of amides is 1. The van der Waals surface area contributed by atoms with Gasteiger partial charge in [0.05, 0.1) is 10.5 Å². The molecule has 0 unspecified atom stereocenters. The molecule has 1 N–H and O–H groups in total. The van der Waals surface area contributed by atoms with Gasteiger partial charge in [0.1, 0.15) is 11.8 Å². The Hall–Kier alpha value is -3.27. The highest BCUT2D eigenvalue weighted by Crippen LogP contribution is 2.15. The molecule has 2 rings (SSSR count). The normalized spacial score (nSPS) is 9.55. The molecule has 7 heteroatoms. The number of anilines is 1. The minimum Gasteiger partial charge on any atom is -0.321 e. The third-order valence-electron chi connectivity index (χ3n) is 2.46. The minimum atomic E-state index is -0.520. The topological polar surface area (TPSA) is 109 Å². The van der Waals surface area contributed by atoms with Crippen molar-refractivity contribution in [3.8, 4) is 6.07 Å². The Kier molecular flexibility index (Phi) is 3.67. The number of non-ortho nitro benzene ring substituents is 1. The average molecular weight is 268 g/mol. The number of hydrogen-bond donors (Lipinski definition) is 1. The Bertz CT molecular complexity index is 687. The van der Waals surface area contributed by atoms with Gasteiger partial charge in [-0.2, -0.15) is 5.26 Å². The second kappa shape index (κ2) is 5.58. The number of nitriles is 1. The van der Waals surface area contributed by atoms with Gasteiger partial charge in [-0.1, -0.05) is 0 Å². The van der Waals surface area contributed by atoms with Crippen LogP contribution in [-0.2, 0) is 0 Å². The zero-order chi connectivity index (χ0) is 14.5. The fourth-order valence-electron chi connectivity index (χ4n) is 1.46. The molecule has 0 spiro atoms. The Labute approximate surface area is 113 Å². The van der Waals surface area contributed by atoms with Crippen LogP contribution in [0.4, 0.5) is 11.4 Å². The number of nitrogens with one attached hydrogen (secondary N) is 1. The Morgan fingerprint density at radius 2 is 1.95 bits per heavy atom. The van der Waals surface area contributed by atoms with Crippen molar-refractivity contribution in [2.45, 2.75) is 0 Å². The maximum absolute atomic E-state index is 11.8. The summed E-state index contributed by atoms with van der Waals surface area (Å²) in [7, 11) is 0. The van der Waals surface area contributed by atoms with Crippen LogP contribution in [0, 0.1) is 21.4 Å². The van der Waals surface area contributed by atoms with Gasteiger partial charge in [-0.05, 0) is 24.3 Å². The molecule has 0 radical (unpaired) electrons. The standard InChI is InChI=1S/C13H8N4O3/c14-7-9-1-6-12(15-8-9)13(18)16-10-2-4-11(5-3-10)17(19)20/h1-6,8H,(H,16,18). The largest absolute Gasteiger partial charge is 0.321 e. The lowest BCUT2D eigenvalue weighted by Crippen LogP contribution is -2.13. The summed E-state index contributed by atoms with van der Waals surface area (Å²) in [6.07, 6.45) is 1.30. The van der Waals surface area contributed by atoms with Gasteiger partial charge in [0.25, 0.3) is 11.6 Å². The molecule has 0 bridgehead atoms. The van der Waals surface area contributed by atoms with Crippen molar-refractivity contribution < 1.29 is 9.72 Å². The Morgan fingerprint density at radius 1 is 1.25 bits per heavy atom. The first-order valence-corrected chi connectivity index (χ1v) is 5.52. The van der Waals surface area contributed by atoms with Gasteiger partial charge in [0.2, 0.25) is 0 Å². The summed E-state index contributed by atoms with van der Waals surface area (Å²) >= 11 is 0. The van der Waals surface area contributed by atoms with E-state index >= 15 is 0 Å². The van der Waals surface area contributed by atoms with E-state index in [1.54, 1.807) is 0 Å². The van der Waals surface area contributed by atoms with Crippen LogP contribution in [0.5, 0.6) is 0 Å². The third kappa shape index (κ3) is 2.94. The van der Waals surface area contributed by atoms with Gasteiger partial charge >= 0.3 is 0 Å². The molecule has 0 aliphatic carbocycles. The summed E-state index contributed by atoms with van der Waals surface area (Å²) in [6.45, 7) is 0. The molecule has 7 nitrogen and oxygen atoms in total. The van der Waals surface area contributed by atoms with Crippen LogP contribution >= 0.6 is 0 Å². The molecule has 0 saturated carbocycles. The van der Waals surface area contributed by atoms with Crippen LogP contribution in [-0.4, -0.2) is 15.8 Å². The number of benzene rings is 1. The molecular formula is C13H8N4O3. The van der Waals surface area contributed by atoms with E-state index < -0.39 is 10.8 Å². The van der Waals surface area contributed by atoms with Gasteiger partial charge in [-0.15, -0.1) is 0 Å². The van der Waals surface area contributed by atoms with Gasteiger partial charge in [-0.25, -0.2) is 4.98 Å². The number of hydrogen-bond acceptors (Lipinski definition) is 5. The first-order valence-electron chi connectivity index (χ1n) is 5.52. The fourth-order valence-corrected chi connectivity index (χ4v) is 1.46. The highest BCUT2D eigenvalue weighted by atomic mass is 16.6. The summed E-state index contributed by atoms with van der Waals surface area (Å²) in [5.74, 6) is -0.455. The summed E-state index contributed by atoms with van der Waals surface area (Å²) in [5.41, 5.74) is 0.880. The number of nitro benzene ring substituents is 1. The van der Waals surface area contributed by atoms with Crippen molar-refractivity contribution in [2.75, 3.05) is 5.32 Å². The van der Waals surface area contributed by atoms with Gasteiger partial charge in [0, 0.05) is 24.0 Å². The molecule has 1 aromatic heterocycles. The van der Waals surface area contributed by atoms with Crippen LogP contribution < -0.4 is 5.32 Å². The second-order valence-electron chi connectivity index (χ2n) is 3.80. The zero-order valence-corrected chi connectivity index (χ0v) is 10.1. The van der Waals surface area contributed by atoms with Gasteiger partial charge in [-0.3, -0.25) is 14.9 Å². The molecule has 0 atom stereocenters. The third-order valence-corrected chi connectivity index (χ3v) is 2.46. The van der Waals surface area contributed by atoms with E-state index in [1.165, 1.54) is 42.6 Å². The number of nitrogens with zero attached hydrogens (tertiary/aromatic N) is 3. The number of nitro groups is 1. The van der Waals surface area contributed by atoms with Crippen LogP contribution in [0.3, 0.4) is 0 Å². The smallest absolute Gasteiger partial charge is 0.274 e. The molecule has 20 heavy (non-hydrogen) atoms. The number of aromatic nitrogens is 1. The molecule has 1 aromatic carbocycles. The lowest BCUT2D eigenvalue weighted by molar-refractivity contribution is -0.384. The van der Waals surface area contributed by atoms with E-state index in [-0.39, 0.29) is 11.4 Å². The van der Waals surface area contributed by atoms with Crippen LogP contribution in [0.2, 0.25) is 0 Å². The fraction of sp³-hybridized carbons (Fsp3) is 0. The van der Waals surface area contributed by atoms with Crippen molar-refractivity contribution >= 4 is 17.3 Å². The average Bonchev–Trinajstić information content (AvgIpc) is 2.48. The van der Waals surface area contributed by atoms with Gasteiger partial charge < -0.3 is 5.32 Å². The van der Waals surface area contributed by atoms with E-state index in [0.717, 1.165) is 0 Å². The summed E-state index contributed by atoms with van der Waals surface area (Å²) in [4.78, 5) is 25.7. The van der Waals surface area contributed by atoms with E-state index in [0.29, 0.717) is 11.3 Å². The van der Waals surface area contributed by atoms with Crippen molar-refractivity contribution in [1.29, 1.82) is 5.26 Å². The highest BCUT2D eigenvalue weighted by Gasteiger charge is 2.09. The molecule has 1 amide bonds. The molecule has 0 aliphatic heterocycles. The number of rotatable bonds is 3. The molecule has 1 heterocycles. The number of carbonyl (C=O) groups excluding carboxylic acids is 1. The molecule has 98 valence electrons. The molecule has 0 aliphatic rings. The number of carbonyl (C=O) groups is 1. The summed E-state index contributed by atoms with van der Waals surface area (Å²) < 4.78 is 0. The molecule has 0 fully saturated rings. The molecular weight excluding hydrogens is 260 g/mol. The van der Waals surface area contributed by atoms with Crippen molar-refractivity contribution in [3.05, 3.63) is 64.0 Å². The Morgan fingerprint density at radius 3 is 2.45 bits per heavy atom. The summed E-state index contributed by atoms with van der Waals surface area (Å²) in [5, 5.41) is 21.7. The SMILES string of the molecule is N#Cc1ccc(C(=O)Nc2ccc([N+](=O)[O-])cc2)nc1. The predicted octanol–water partition coefficient (Wildman–Crippen LogP) is 2.11. The van der Waals surface area contributed by atoms with E-state index in [4.69, 9.17) is 5.26 Å². The van der Waals surface area contributed by atoms with Gasteiger partial charge in [0.15, 0.2) is 0 Å². The molecule has 2 aromatic rings. The highest BCUT2D eigenvalue weighted by molar-refractivity contribution is 6.02. The number of pyridine rings is 1. The van der Waals surface area contributed by atoms with E-state index in [9.17, 15) is 14.9 Å². The maximum atomic E-state index is 11.8. The van der Waals surface area contributed by atoms with E-state index in [1.807, 2.05) is 6.07 Å². The summed E-state index contributed by atoms with van der Waals surface area (Å²) in [6, 6.07) is 10.3. The van der Waals surface area contributed by atoms with Crippen molar-refractivity contribution in [3.63, 3.8) is 0 Å². The predicted molar refractivity (Wildman–Crippen MR) is 70.0 cm³/mol. The monoisotopic (exact) mass is 268 g/mol. The maximum Gasteiger partial charge on any atom is 0.274 e. The van der Waals surface area contributed by atoms with Crippen LogP contribution in [0.1, 0.15) is 16.1 Å². The Balaban J connectivity index is 2.10. The van der Waals surface area contributed by atoms with E-state index in [2.05, 4.69) is 10.3 Å².